The summed E-state index contributed by atoms with van der Waals surface area (Å²) < 4.78 is 5.17. The highest BCUT2D eigenvalue weighted by atomic mass is 32.1. The first-order valence-corrected chi connectivity index (χ1v) is 15.9. The molecule has 44 heavy (non-hydrogen) atoms. The maximum absolute atomic E-state index is 2.49. The van der Waals surface area contributed by atoms with Crippen LogP contribution in [0.15, 0.2) is 152 Å². The monoisotopic (exact) mass is 575 g/mol. The average molecular weight is 576 g/mol. The van der Waals surface area contributed by atoms with Gasteiger partial charge in [0, 0.05) is 42.0 Å². The number of hydrogen-bond acceptors (Lipinski definition) is 1. The fraction of sp³-hybridized carbons (Fsp3) is 0. The molecule has 0 atom stereocenters. The van der Waals surface area contributed by atoms with Crippen LogP contribution in [0.25, 0.3) is 91.1 Å². The van der Waals surface area contributed by atoms with E-state index in [0.717, 1.165) is 0 Å². The SMILES string of the molecule is c1ccc2c(c1)ccc1c2c2c3ccccc3c3ccccc3c2n1-c1ccc(-c2ccc3sc4ccccc4c3c2)cc1. The summed E-state index contributed by atoms with van der Waals surface area (Å²) in [6.07, 6.45) is 0. The highest BCUT2D eigenvalue weighted by molar-refractivity contribution is 7.25. The Morgan fingerprint density at radius 3 is 1.82 bits per heavy atom. The van der Waals surface area contributed by atoms with Crippen LogP contribution < -0.4 is 0 Å². The van der Waals surface area contributed by atoms with Gasteiger partial charge in [-0.25, -0.2) is 0 Å². The van der Waals surface area contributed by atoms with Gasteiger partial charge in [0.25, 0.3) is 0 Å². The minimum atomic E-state index is 1.17. The molecule has 10 rings (SSSR count). The van der Waals surface area contributed by atoms with E-state index in [4.69, 9.17) is 0 Å². The van der Waals surface area contributed by atoms with Crippen LogP contribution in [0.5, 0.6) is 0 Å². The van der Waals surface area contributed by atoms with Crippen molar-refractivity contribution < 1.29 is 0 Å². The van der Waals surface area contributed by atoms with Gasteiger partial charge in [-0.1, -0.05) is 115 Å². The maximum Gasteiger partial charge on any atom is 0.0626 e. The normalized spacial score (nSPS) is 12.1. The van der Waals surface area contributed by atoms with Crippen LogP contribution in [-0.4, -0.2) is 4.57 Å². The summed E-state index contributed by atoms with van der Waals surface area (Å²) in [5.74, 6) is 0. The molecule has 0 saturated carbocycles. The molecule has 0 aliphatic rings. The second kappa shape index (κ2) is 9.03. The summed E-state index contributed by atoms with van der Waals surface area (Å²) in [4.78, 5) is 0. The van der Waals surface area contributed by atoms with E-state index in [2.05, 4.69) is 156 Å². The number of aromatic nitrogens is 1. The lowest BCUT2D eigenvalue weighted by Crippen LogP contribution is -1.95. The highest BCUT2D eigenvalue weighted by Gasteiger charge is 2.20. The lowest BCUT2D eigenvalue weighted by atomic mass is 9.95. The van der Waals surface area contributed by atoms with Gasteiger partial charge in [-0.05, 0) is 74.5 Å². The third kappa shape index (κ3) is 3.29. The quantitative estimate of drug-likeness (QED) is 0.181. The van der Waals surface area contributed by atoms with E-state index in [1.54, 1.807) is 0 Å². The predicted octanol–water partition coefficient (Wildman–Crippen LogP) is 12.3. The molecular weight excluding hydrogens is 551 g/mol. The van der Waals surface area contributed by atoms with Crippen molar-refractivity contribution in [2.24, 2.45) is 0 Å². The number of nitrogens with zero attached hydrogens (tertiary/aromatic N) is 1. The first kappa shape index (κ1) is 24.0. The number of rotatable bonds is 2. The standard InChI is InChI=1S/C42H25NS/c1-2-10-30-27(9-1)19-23-37-40(30)41-34-14-5-3-11-31(34)32-12-4-6-15-35(32)42(41)43(37)29-21-17-26(18-22-29)28-20-24-39-36(25-28)33-13-7-8-16-38(33)44-39/h1-25H. The number of hydrogen-bond donors (Lipinski definition) is 0. The number of fused-ring (bicyclic) bond motifs is 13. The van der Waals surface area contributed by atoms with Crippen LogP contribution in [0.1, 0.15) is 0 Å². The van der Waals surface area contributed by atoms with Gasteiger partial charge in [0.15, 0.2) is 0 Å². The van der Waals surface area contributed by atoms with Gasteiger partial charge in [-0.3, -0.25) is 0 Å². The molecule has 8 aromatic carbocycles. The highest BCUT2D eigenvalue weighted by Crippen LogP contribution is 2.45. The molecule has 0 amide bonds. The fourth-order valence-corrected chi connectivity index (χ4v) is 8.50. The minimum Gasteiger partial charge on any atom is -0.309 e. The van der Waals surface area contributed by atoms with Crippen LogP contribution in [0.2, 0.25) is 0 Å². The molecule has 2 heteroatoms. The Morgan fingerprint density at radius 2 is 1.00 bits per heavy atom. The molecule has 0 aliphatic carbocycles. The van der Waals surface area contributed by atoms with Gasteiger partial charge in [0.1, 0.15) is 0 Å². The van der Waals surface area contributed by atoms with Crippen molar-refractivity contribution in [3.63, 3.8) is 0 Å². The lowest BCUT2D eigenvalue weighted by Gasteiger charge is -2.13. The van der Waals surface area contributed by atoms with Gasteiger partial charge in [-0.15, -0.1) is 11.3 Å². The zero-order valence-corrected chi connectivity index (χ0v) is 24.6. The Hall–Kier alpha value is -5.44. The molecule has 0 fully saturated rings. The predicted molar refractivity (Wildman–Crippen MR) is 192 cm³/mol. The molecule has 1 nitrogen and oxygen atoms in total. The third-order valence-electron chi connectivity index (χ3n) is 9.36. The molecule has 0 N–H and O–H groups in total. The molecular formula is C42H25NS. The Bertz CT molecular complexity index is 2760. The smallest absolute Gasteiger partial charge is 0.0626 e. The molecule has 0 radical (unpaired) electrons. The summed E-state index contributed by atoms with van der Waals surface area (Å²) in [5.41, 5.74) is 6.15. The zero-order chi connectivity index (χ0) is 28.8. The summed E-state index contributed by atoms with van der Waals surface area (Å²) in [5, 5.41) is 13.0. The maximum atomic E-state index is 2.49. The van der Waals surface area contributed by atoms with Crippen LogP contribution >= 0.6 is 11.3 Å². The summed E-state index contributed by atoms with van der Waals surface area (Å²) in [7, 11) is 0. The van der Waals surface area contributed by atoms with E-state index < -0.39 is 0 Å². The van der Waals surface area contributed by atoms with Crippen molar-refractivity contribution in [1.29, 1.82) is 0 Å². The molecule has 0 spiro atoms. The van der Waals surface area contributed by atoms with Gasteiger partial charge in [0.2, 0.25) is 0 Å². The van der Waals surface area contributed by atoms with Gasteiger partial charge < -0.3 is 4.57 Å². The fourth-order valence-electron chi connectivity index (χ4n) is 7.41. The molecule has 0 unspecified atom stereocenters. The van der Waals surface area contributed by atoms with Crippen molar-refractivity contribution in [3.05, 3.63) is 152 Å². The molecule has 0 saturated heterocycles. The third-order valence-corrected chi connectivity index (χ3v) is 10.5. The van der Waals surface area contributed by atoms with Crippen molar-refractivity contribution in [1.82, 2.24) is 4.57 Å². The Morgan fingerprint density at radius 1 is 0.386 bits per heavy atom. The topological polar surface area (TPSA) is 4.93 Å². The molecule has 204 valence electrons. The Labute approximate surface area is 257 Å². The summed E-state index contributed by atoms with van der Waals surface area (Å²) >= 11 is 1.87. The zero-order valence-electron chi connectivity index (χ0n) is 23.8. The summed E-state index contributed by atoms with van der Waals surface area (Å²) in [6, 6.07) is 55.9. The molecule has 2 heterocycles. The van der Waals surface area contributed by atoms with Crippen LogP contribution in [0.3, 0.4) is 0 Å². The van der Waals surface area contributed by atoms with Gasteiger partial charge in [0.05, 0.1) is 11.0 Å². The molecule has 0 bridgehead atoms. The first-order valence-electron chi connectivity index (χ1n) is 15.1. The minimum absolute atomic E-state index is 1.17. The van der Waals surface area contributed by atoms with Crippen molar-refractivity contribution in [2.75, 3.05) is 0 Å². The van der Waals surface area contributed by atoms with E-state index in [0.29, 0.717) is 0 Å². The molecule has 10 aromatic rings. The Kier molecular flexibility index (Phi) is 4.94. The van der Waals surface area contributed by atoms with Gasteiger partial charge >= 0.3 is 0 Å². The van der Waals surface area contributed by atoms with Crippen molar-refractivity contribution >= 4 is 85.6 Å². The van der Waals surface area contributed by atoms with E-state index in [1.807, 2.05) is 11.3 Å². The van der Waals surface area contributed by atoms with Crippen LogP contribution in [0, 0.1) is 0 Å². The average Bonchev–Trinajstić information content (AvgIpc) is 3.65. The number of benzene rings is 8. The molecule has 2 aromatic heterocycles. The van der Waals surface area contributed by atoms with Crippen LogP contribution in [-0.2, 0) is 0 Å². The van der Waals surface area contributed by atoms with Gasteiger partial charge in [-0.2, -0.15) is 0 Å². The van der Waals surface area contributed by atoms with E-state index in [-0.39, 0.29) is 0 Å². The molecule has 0 aliphatic heterocycles. The van der Waals surface area contributed by atoms with E-state index in [1.165, 1.54) is 91.1 Å². The van der Waals surface area contributed by atoms with E-state index >= 15 is 0 Å². The largest absolute Gasteiger partial charge is 0.309 e. The number of thiophene rings is 1. The second-order valence-electron chi connectivity index (χ2n) is 11.7. The van der Waals surface area contributed by atoms with Crippen LogP contribution in [0.4, 0.5) is 0 Å². The first-order chi connectivity index (χ1) is 21.8. The Balaban J connectivity index is 1.27. The van der Waals surface area contributed by atoms with E-state index in [9.17, 15) is 0 Å². The van der Waals surface area contributed by atoms with Crippen molar-refractivity contribution in [3.8, 4) is 16.8 Å². The second-order valence-corrected chi connectivity index (χ2v) is 12.8. The van der Waals surface area contributed by atoms with Crippen molar-refractivity contribution in [2.45, 2.75) is 0 Å². The lowest BCUT2D eigenvalue weighted by molar-refractivity contribution is 1.19. The summed E-state index contributed by atoms with van der Waals surface area (Å²) in [6.45, 7) is 0.